The Morgan fingerprint density at radius 3 is 2.87 bits per heavy atom. The number of halogens is 1. The average molecular weight is 210 g/mol. The first kappa shape index (κ1) is 11.7. The molecule has 0 fully saturated rings. The Morgan fingerprint density at radius 2 is 2.20 bits per heavy atom. The van der Waals surface area contributed by atoms with Crippen molar-refractivity contribution in [2.24, 2.45) is 0 Å². The molecule has 3 heteroatoms. The Bertz CT molecular complexity index is 323. The summed E-state index contributed by atoms with van der Waals surface area (Å²) < 4.78 is 18.4. The molecule has 0 saturated carbocycles. The number of allylic oxidation sites excluding steroid dienone is 1. The zero-order valence-corrected chi connectivity index (χ0v) is 8.58. The van der Waals surface area contributed by atoms with Crippen LogP contribution >= 0.6 is 0 Å². The van der Waals surface area contributed by atoms with E-state index in [0.29, 0.717) is 25.2 Å². The third-order valence-corrected chi connectivity index (χ3v) is 1.88. The second-order valence-corrected chi connectivity index (χ2v) is 3.21. The highest BCUT2D eigenvalue weighted by molar-refractivity contribution is 5.30. The van der Waals surface area contributed by atoms with Crippen molar-refractivity contribution in [1.29, 1.82) is 0 Å². The SMILES string of the molecule is C=CCc1cc(F)cc(OCCCO)c1. The molecule has 0 spiro atoms. The molecule has 0 unspecified atom stereocenters. The van der Waals surface area contributed by atoms with E-state index in [2.05, 4.69) is 6.58 Å². The normalized spacial score (nSPS) is 10.0. The average Bonchev–Trinajstić information content (AvgIpc) is 2.18. The van der Waals surface area contributed by atoms with E-state index in [4.69, 9.17) is 9.84 Å². The number of ether oxygens (including phenoxy) is 1. The van der Waals surface area contributed by atoms with Crippen LogP contribution < -0.4 is 4.74 Å². The van der Waals surface area contributed by atoms with E-state index in [-0.39, 0.29) is 12.4 Å². The van der Waals surface area contributed by atoms with E-state index in [9.17, 15) is 4.39 Å². The molecule has 0 aliphatic carbocycles. The van der Waals surface area contributed by atoms with Crippen LogP contribution in [0.25, 0.3) is 0 Å². The van der Waals surface area contributed by atoms with E-state index in [1.54, 1.807) is 12.1 Å². The van der Waals surface area contributed by atoms with Gasteiger partial charge in [0.1, 0.15) is 11.6 Å². The molecule has 0 amide bonds. The van der Waals surface area contributed by atoms with Crippen LogP contribution in [0.5, 0.6) is 5.75 Å². The smallest absolute Gasteiger partial charge is 0.127 e. The number of aliphatic hydroxyl groups is 1. The van der Waals surface area contributed by atoms with Crippen molar-refractivity contribution in [3.05, 3.63) is 42.2 Å². The molecule has 15 heavy (non-hydrogen) atoms. The van der Waals surface area contributed by atoms with E-state index >= 15 is 0 Å². The van der Waals surface area contributed by atoms with Crippen molar-refractivity contribution in [3.63, 3.8) is 0 Å². The second-order valence-electron chi connectivity index (χ2n) is 3.21. The molecule has 0 saturated heterocycles. The summed E-state index contributed by atoms with van der Waals surface area (Å²) >= 11 is 0. The maximum Gasteiger partial charge on any atom is 0.127 e. The molecular formula is C12H15FO2. The van der Waals surface area contributed by atoms with Crippen molar-refractivity contribution in [2.45, 2.75) is 12.8 Å². The highest BCUT2D eigenvalue weighted by Crippen LogP contribution is 2.17. The molecule has 0 aliphatic rings. The number of benzene rings is 1. The molecule has 1 aromatic carbocycles. The fraction of sp³-hybridized carbons (Fsp3) is 0.333. The Balaban J connectivity index is 2.65. The summed E-state index contributed by atoms with van der Waals surface area (Å²) in [5.41, 5.74) is 0.837. The summed E-state index contributed by atoms with van der Waals surface area (Å²) in [6.07, 6.45) is 2.88. The monoisotopic (exact) mass is 210 g/mol. The molecule has 1 aromatic rings. The summed E-state index contributed by atoms with van der Waals surface area (Å²) in [7, 11) is 0. The standard InChI is InChI=1S/C12H15FO2/c1-2-4-10-7-11(13)9-12(8-10)15-6-3-5-14/h2,7-9,14H,1,3-6H2. The lowest BCUT2D eigenvalue weighted by atomic mass is 10.1. The fourth-order valence-corrected chi connectivity index (χ4v) is 1.24. The van der Waals surface area contributed by atoms with Gasteiger partial charge in [0.05, 0.1) is 6.61 Å². The molecule has 1 rings (SSSR count). The van der Waals surface area contributed by atoms with E-state index in [1.807, 2.05) is 0 Å². The van der Waals surface area contributed by atoms with Gasteiger partial charge in [-0.2, -0.15) is 0 Å². The Hall–Kier alpha value is -1.35. The molecule has 82 valence electrons. The van der Waals surface area contributed by atoms with Crippen molar-refractivity contribution >= 4 is 0 Å². The topological polar surface area (TPSA) is 29.5 Å². The van der Waals surface area contributed by atoms with E-state index in [1.165, 1.54) is 12.1 Å². The minimum atomic E-state index is -0.312. The van der Waals surface area contributed by atoms with Gasteiger partial charge in [-0.05, 0) is 24.1 Å². The molecular weight excluding hydrogens is 195 g/mol. The molecule has 0 heterocycles. The summed E-state index contributed by atoms with van der Waals surface area (Å²) in [5.74, 6) is 0.189. The summed E-state index contributed by atoms with van der Waals surface area (Å²) in [6.45, 7) is 4.07. The zero-order chi connectivity index (χ0) is 11.1. The molecule has 0 radical (unpaired) electrons. The maximum atomic E-state index is 13.1. The first-order chi connectivity index (χ1) is 7.26. The highest BCUT2D eigenvalue weighted by atomic mass is 19.1. The molecule has 0 bridgehead atoms. The predicted octanol–water partition coefficient (Wildman–Crippen LogP) is 2.32. The van der Waals surface area contributed by atoms with Gasteiger partial charge in [-0.1, -0.05) is 6.08 Å². The molecule has 0 aliphatic heterocycles. The fourth-order valence-electron chi connectivity index (χ4n) is 1.24. The number of aliphatic hydroxyl groups excluding tert-OH is 1. The van der Waals surface area contributed by atoms with Gasteiger partial charge in [0.2, 0.25) is 0 Å². The summed E-state index contributed by atoms with van der Waals surface area (Å²) in [5, 5.41) is 8.57. The van der Waals surface area contributed by atoms with Crippen molar-refractivity contribution in [3.8, 4) is 5.75 Å². The van der Waals surface area contributed by atoms with Crippen molar-refractivity contribution in [1.82, 2.24) is 0 Å². The van der Waals surface area contributed by atoms with Gasteiger partial charge in [-0.25, -0.2) is 4.39 Å². The van der Waals surface area contributed by atoms with Gasteiger partial charge in [0.25, 0.3) is 0 Å². The van der Waals surface area contributed by atoms with Gasteiger partial charge in [0.15, 0.2) is 0 Å². The molecule has 2 nitrogen and oxygen atoms in total. The van der Waals surface area contributed by atoms with Crippen LogP contribution in [0.15, 0.2) is 30.9 Å². The summed E-state index contributed by atoms with van der Waals surface area (Å²) in [6, 6.07) is 4.58. The third kappa shape index (κ3) is 4.13. The molecule has 1 N–H and O–H groups in total. The van der Waals surface area contributed by atoms with Gasteiger partial charge < -0.3 is 9.84 Å². The first-order valence-electron chi connectivity index (χ1n) is 4.90. The number of hydrogen-bond donors (Lipinski definition) is 1. The zero-order valence-electron chi connectivity index (χ0n) is 8.58. The lowest BCUT2D eigenvalue weighted by molar-refractivity contribution is 0.233. The van der Waals surface area contributed by atoms with Crippen molar-refractivity contribution < 1.29 is 14.2 Å². The van der Waals surface area contributed by atoms with E-state index < -0.39 is 0 Å². The van der Waals surface area contributed by atoms with Crippen LogP contribution in [0.2, 0.25) is 0 Å². The van der Waals surface area contributed by atoms with Gasteiger partial charge in [0, 0.05) is 19.1 Å². The van der Waals surface area contributed by atoms with Crippen molar-refractivity contribution in [2.75, 3.05) is 13.2 Å². The Kier molecular flexibility index (Phi) is 4.84. The number of hydrogen-bond acceptors (Lipinski definition) is 2. The van der Waals surface area contributed by atoms with Crippen LogP contribution in [0, 0.1) is 5.82 Å². The minimum Gasteiger partial charge on any atom is -0.493 e. The second kappa shape index (κ2) is 6.19. The summed E-state index contributed by atoms with van der Waals surface area (Å²) in [4.78, 5) is 0. The van der Waals surface area contributed by atoms with E-state index in [0.717, 1.165) is 5.56 Å². The number of rotatable bonds is 6. The van der Waals surface area contributed by atoms with Crippen LogP contribution in [0.1, 0.15) is 12.0 Å². The lowest BCUT2D eigenvalue weighted by Crippen LogP contribution is -2.00. The lowest BCUT2D eigenvalue weighted by Gasteiger charge is -2.07. The quantitative estimate of drug-likeness (QED) is 0.576. The highest BCUT2D eigenvalue weighted by Gasteiger charge is 2.00. The third-order valence-electron chi connectivity index (χ3n) is 1.88. The van der Waals surface area contributed by atoms with Crippen LogP contribution in [-0.2, 0) is 6.42 Å². The van der Waals surface area contributed by atoms with Gasteiger partial charge >= 0.3 is 0 Å². The van der Waals surface area contributed by atoms with Gasteiger partial charge in [-0.3, -0.25) is 0 Å². The predicted molar refractivity (Wildman–Crippen MR) is 57.5 cm³/mol. The minimum absolute atomic E-state index is 0.0782. The van der Waals surface area contributed by atoms with Crippen LogP contribution in [0.3, 0.4) is 0 Å². The van der Waals surface area contributed by atoms with Crippen LogP contribution in [0.4, 0.5) is 4.39 Å². The Labute approximate surface area is 89.0 Å². The maximum absolute atomic E-state index is 13.1. The first-order valence-corrected chi connectivity index (χ1v) is 4.90. The largest absolute Gasteiger partial charge is 0.493 e. The Morgan fingerprint density at radius 1 is 1.40 bits per heavy atom. The van der Waals surface area contributed by atoms with Gasteiger partial charge in [-0.15, -0.1) is 6.58 Å². The van der Waals surface area contributed by atoms with Crippen LogP contribution in [-0.4, -0.2) is 18.3 Å². The molecule has 0 atom stereocenters. The molecule has 0 aromatic heterocycles.